The summed E-state index contributed by atoms with van der Waals surface area (Å²) in [4.78, 5) is 21.2. The Morgan fingerprint density at radius 3 is 2.24 bits per heavy atom. The number of anilines is 3. The van der Waals surface area contributed by atoms with Crippen LogP contribution in [0.4, 0.5) is 21.7 Å². The average Bonchev–Trinajstić information content (AvgIpc) is 3.26. The van der Waals surface area contributed by atoms with E-state index in [2.05, 4.69) is 15.3 Å². The average molecular weight is 590 g/mol. The van der Waals surface area contributed by atoms with Gasteiger partial charge in [0.2, 0.25) is 11.8 Å². The van der Waals surface area contributed by atoms with Gasteiger partial charge in [0, 0.05) is 17.3 Å². The molecule has 1 amide bonds. The van der Waals surface area contributed by atoms with Crippen molar-refractivity contribution in [2.24, 2.45) is 0 Å². The van der Waals surface area contributed by atoms with Crippen LogP contribution >= 0.6 is 0 Å². The lowest BCUT2D eigenvalue weighted by molar-refractivity contribution is -0.117. The number of rotatable bonds is 9. The molecule has 1 aliphatic carbocycles. The Morgan fingerprint density at radius 2 is 1.57 bits per heavy atom. The summed E-state index contributed by atoms with van der Waals surface area (Å²) in [6, 6.07) is 21.5. The molecule has 2 aliphatic rings. The zero-order valence-corrected chi connectivity index (χ0v) is 23.4. The van der Waals surface area contributed by atoms with Crippen molar-refractivity contribution in [2.45, 2.75) is 38.9 Å². The number of ether oxygens (including phenoxy) is 2. The van der Waals surface area contributed by atoms with Gasteiger partial charge in [-0.3, -0.25) is 4.79 Å². The van der Waals surface area contributed by atoms with Crippen LogP contribution < -0.4 is 23.8 Å². The van der Waals surface area contributed by atoms with Crippen LogP contribution in [0.3, 0.4) is 0 Å². The number of amides is 1. The van der Waals surface area contributed by atoms with Crippen LogP contribution in [0, 0.1) is 5.82 Å². The van der Waals surface area contributed by atoms with E-state index in [1.165, 1.54) is 6.07 Å². The second-order valence-corrected chi connectivity index (χ2v) is 11.6. The predicted molar refractivity (Wildman–Crippen MR) is 154 cm³/mol. The van der Waals surface area contributed by atoms with E-state index in [-0.39, 0.29) is 29.7 Å². The molecule has 42 heavy (non-hydrogen) atoms. The first-order valence-corrected chi connectivity index (χ1v) is 15.0. The Morgan fingerprint density at radius 1 is 0.905 bits per heavy atom. The van der Waals surface area contributed by atoms with E-state index in [4.69, 9.17) is 9.47 Å². The molecule has 12 heteroatoms. The van der Waals surface area contributed by atoms with Crippen LogP contribution in [0.2, 0.25) is 0 Å². The molecule has 4 aromatic rings. The number of hydrogen-bond acceptors (Lipinski definition) is 8. The van der Waals surface area contributed by atoms with E-state index in [1.54, 1.807) is 0 Å². The van der Waals surface area contributed by atoms with Crippen molar-refractivity contribution < 1.29 is 27.1 Å². The van der Waals surface area contributed by atoms with Gasteiger partial charge in [-0.1, -0.05) is 60.7 Å². The van der Waals surface area contributed by atoms with Crippen molar-refractivity contribution in [1.29, 1.82) is 0 Å². The van der Waals surface area contributed by atoms with Crippen LogP contribution in [0.1, 0.15) is 35.2 Å². The maximum absolute atomic E-state index is 15.7. The predicted octanol–water partition coefficient (Wildman–Crippen LogP) is 4.58. The quantitative estimate of drug-likeness (QED) is 0.291. The number of aromatic nitrogens is 2. The highest BCUT2D eigenvalue weighted by molar-refractivity contribution is 7.92. The third kappa shape index (κ3) is 5.98. The second kappa shape index (κ2) is 11.6. The Balaban J connectivity index is 1.33. The smallest absolute Gasteiger partial charge is 0.326 e. The number of carbonyl (C=O) groups is 1. The van der Waals surface area contributed by atoms with Crippen molar-refractivity contribution in [3.63, 3.8) is 0 Å². The first kappa shape index (κ1) is 27.5. The summed E-state index contributed by atoms with van der Waals surface area (Å²) >= 11 is 0. The summed E-state index contributed by atoms with van der Waals surface area (Å²) in [5.41, 5.74) is 3.49. The van der Waals surface area contributed by atoms with E-state index in [0.29, 0.717) is 16.8 Å². The molecule has 10 nitrogen and oxygen atoms in total. The minimum atomic E-state index is -4.28. The molecule has 1 aromatic heterocycles. The van der Waals surface area contributed by atoms with Crippen LogP contribution in [-0.4, -0.2) is 30.8 Å². The number of nitrogens with zero attached hydrogens (tertiary/aromatic N) is 3. The molecule has 2 N–H and O–H groups in total. The molecule has 0 unspecified atom stereocenters. The first-order chi connectivity index (χ1) is 20.4. The van der Waals surface area contributed by atoms with Crippen LogP contribution in [-0.2, 0) is 41.1 Å². The molecule has 1 saturated heterocycles. The van der Waals surface area contributed by atoms with Crippen molar-refractivity contribution in [3.8, 4) is 11.6 Å². The maximum Gasteiger partial charge on any atom is 0.326 e. The fraction of sp³-hybridized carbons (Fsp3) is 0.233. The van der Waals surface area contributed by atoms with Gasteiger partial charge in [-0.15, -0.1) is 0 Å². The Labute approximate surface area is 242 Å². The zero-order chi connectivity index (χ0) is 29.1. The number of aryl methyl sites for hydroxylation is 1. The van der Waals surface area contributed by atoms with E-state index >= 15 is 4.39 Å². The Kier molecular flexibility index (Phi) is 7.62. The number of fused-ring (bicyclic) bond motifs is 1. The summed E-state index contributed by atoms with van der Waals surface area (Å²) < 4.78 is 55.5. The van der Waals surface area contributed by atoms with Gasteiger partial charge in [0.15, 0.2) is 5.82 Å². The fourth-order valence-electron chi connectivity index (χ4n) is 4.97. The van der Waals surface area contributed by atoms with Crippen LogP contribution in [0.25, 0.3) is 0 Å². The lowest BCUT2D eigenvalue weighted by Crippen LogP contribution is -2.30. The molecule has 2 heterocycles. The number of halogens is 1. The minimum absolute atomic E-state index is 0.0405. The third-order valence-electron chi connectivity index (χ3n) is 6.95. The Bertz CT molecular complexity index is 1720. The molecule has 1 fully saturated rings. The van der Waals surface area contributed by atoms with Gasteiger partial charge in [0.05, 0.1) is 5.69 Å². The van der Waals surface area contributed by atoms with E-state index in [1.807, 2.05) is 65.4 Å². The molecule has 0 bridgehead atoms. The van der Waals surface area contributed by atoms with Crippen molar-refractivity contribution in [2.75, 3.05) is 16.2 Å². The molecule has 3 aromatic carbocycles. The lowest BCUT2D eigenvalue weighted by Gasteiger charge is -2.22. The summed E-state index contributed by atoms with van der Waals surface area (Å²) in [5, 5.41) is 3.05. The maximum atomic E-state index is 15.7. The molecular formula is C30H28FN5O5S. The van der Waals surface area contributed by atoms with Crippen molar-refractivity contribution in [1.82, 2.24) is 14.7 Å². The number of benzene rings is 3. The normalized spacial score (nSPS) is 15.5. The first-order valence-electron chi connectivity index (χ1n) is 13.5. The van der Waals surface area contributed by atoms with Gasteiger partial charge in [-0.25, -0.2) is 18.4 Å². The highest BCUT2D eigenvalue weighted by atomic mass is 32.2. The van der Waals surface area contributed by atoms with Crippen molar-refractivity contribution in [3.05, 3.63) is 101 Å². The highest BCUT2D eigenvalue weighted by Crippen LogP contribution is 2.38. The molecule has 216 valence electrons. The van der Waals surface area contributed by atoms with Gasteiger partial charge in [0.1, 0.15) is 31.2 Å². The molecular weight excluding hydrogens is 561 g/mol. The largest absolute Gasteiger partial charge is 0.487 e. The standard InChI is InChI=1S/C30H28FN5O5S/c31-24-15-22(16-26(40-18-20-9-3-1-4-10-20)28(24)36-17-27(37)35-42(36,38)39)32-30-33-25-14-8-7-13-23(25)29(34-30)41-19-21-11-5-2-6-12-21/h1-6,9-12,15-16H,7-8,13-14,17-19H2,(H,35,37)(H,32,33,34). The minimum Gasteiger partial charge on any atom is -0.487 e. The summed E-state index contributed by atoms with van der Waals surface area (Å²) in [5.74, 6) is -1.06. The highest BCUT2D eigenvalue weighted by Gasteiger charge is 2.38. The second-order valence-electron chi connectivity index (χ2n) is 10.00. The number of nitrogens with one attached hydrogen (secondary N) is 2. The molecule has 1 aliphatic heterocycles. The van der Waals surface area contributed by atoms with E-state index in [0.717, 1.165) is 54.1 Å². The summed E-state index contributed by atoms with van der Waals surface area (Å²) in [6.07, 6.45) is 3.56. The van der Waals surface area contributed by atoms with Gasteiger partial charge in [-0.05, 0) is 42.9 Å². The monoisotopic (exact) mass is 589 g/mol. The molecule has 6 rings (SSSR count). The van der Waals surface area contributed by atoms with Gasteiger partial charge >= 0.3 is 10.2 Å². The molecule has 0 atom stereocenters. The lowest BCUT2D eigenvalue weighted by atomic mass is 9.97. The fourth-order valence-corrected chi connectivity index (χ4v) is 6.14. The summed E-state index contributed by atoms with van der Waals surface area (Å²) in [7, 11) is -4.28. The molecule has 0 radical (unpaired) electrons. The van der Waals surface area contributed by atoms with Gasteiger partial charge in [-0.2, -0.15) is 13.4 Å². The van der Waals surface area contributed by atoms with Gasteiger partial charge < -0.3 is 14.8 Å². The molecule has 0 spiro atoms. The number of carbonyl (C=O) groups excluding carboxylic acids is 1. The Hall–Kier alpha value is -4.71. The van der Waals surface area contributed by atoms with Crippen LogP contribution in [0.15, 0.2) is 72.8 Å². The third-order valence-corrected chi connectivity index (χ3v) is 8.33. The van der Waals surface area contributed by atoms with E-state index < -0.39 is 28.5 Å². The van der Waals surface area contributed by atoms with Gasteiger partial charge in [0.25, 0.3) is 5.91 Å². The topological polar surface area (TPSA) is 123 Å². The zero-order valence-electron chi connectivity index (χ0n) is 22.5. The van der Waals surface area contributed by atoms with Crippen molar-refractivity contribution >= 4 is 33.4 Å². The SMILES string of the molecule is O=C1CN(c2c(F)cc(Nc3nc4c(c(OCc5ccccc5)n3)CCCC4)cc2OCc2ccccc2)S(=O)(=O)N1. The van der Waals surface area contributed by atoms with Crippen LogP contribution in [0.5, 0.6) is 11.6 Å². The van der Waals surface area contributed by atoms with E-state index in [9.17, 15) is 13.2 Å². The molecule has 0 saturated carbocycles. The summed E-state index contributed by atoms with van der Waals surface area (Å²) in [6.45, 7) is -0.190. The number of hydrogen-bond donors (Lipinski definition) is 2.